The van der Waals surface area contributed by atoms with Crippen LogP contribution in [0.1, 0.15) is 38.5 Å². The number of ether oxygens (including phenoxy) is 4. The van der Waals surface area contributed by atoms with Gasteiger partial charge in [0.25, 0.3) is 23.6 Å². The molecule has 0 aromatic heterocycles. The second-order valence-corrected chi connectivity index (χ2v) is 11.0. The molecule has 2 aliphatic heterocycles. The first kappa shape index (κ1) is 39.6. The fraction of sp³-hybridized carbons (Fsp3) is 0.677. The van der Waals surface area contributed by atoms with Crippen LogP contribution in [-0.4, -0.2) is 148 Å². The number of aliphatic hydroxyl groups is 2. The van der Waals surface area contributed by atoms with Gasteiger partial charge < -0.3 is 39.8 Å². The average Bonchev–Trinajstić information content (AvgIpc) is 3.56. The van der Waals surface area contributed by atoms with Crippen LogP contribution >= 0.6 is 0 Å². The second kappa shape index (κ2) is 22.9. The van der Waals surface area contributed by atoms with Crippen molar-refractivity contribution in [2.45, 2.75) is 38.5 Å². The lowest BCUT2D eigenvalue weighted by atomic mass is 9.80. The Morgan fingerprint density at radius 2 is 0.957 bits per heavy atom. The molecular formula is C31H48N4O12. The van der Waals surface area contributed by atoms with Crippen molar-refractivity contribution >= 4 is 35.4 Å². The molecule has 0 unspecified atom stereocenters. The molecule has 6 amide bonds. The number of hydrogen-bond donors (Lipinski definition) is 4. The maximum atomic E-state index is 12.0. The predicted octanol–water partition coefficient (Wildman–Crippen LogP) is -1.55. The number of carbonyl (C=O) groups is 6. The van der Waals surface area contributed by atoms with E-state index in [1.54, 1.807) is 0 Å². The Balaban J connectivity index is 1.57. The van der Waals surface area contributed by atoms with Gasteiger partial charge in [-0.1, -0.05) is 0 Å². The highest BCUT2D eigenvalue weighted by molar-refractivity contribution is 6.13. The summed E-state index contributed by atoms with van der Waals surface area (Å²) in [6.45, 7) is 2.88. The van der Waals surface area contributed by atoms with Gasteiger partial charge in [0.1, 0.15) is 0 Å². The Morgan fingerprint density at radius 1 is 0.596 bits per heavy atom. The Bertz CT molecular complexity index is 976. The van der Waals surface area contributed by atoms with E-state index in [-0.39, 0.29) is 104 Å². The van der Waals surface area contributed by atoms with Gasteiger partial charge in [-0.3, -0.25) is 38.6 Å². The number of carbonyl (C=O) groups excluding carboxylic acids is 6. The molecule has 16 heteroatoms. The summed E-state index contributed by atoms with van der Waals surface area (Å²) in [5, 5.41) is 24.2. The Kier molecular flexibility index (Phi) is 19.3. The number of imide groups is 2. The van der Waals surface area contributed by atoms with E-state index in [1.807, 2.05) is 0 Å². The fourth-order valence-electron chi connectivity index (χ4n) is 4.81. The number of amides is 6. The number of hydrogen-bond acceptors (Lipinski definition) is 12. The summed E-state index contributed by atoms with van der Waals surface area (Å²) < 4.78 is 22.8. The minimum Gasteiger partial charge on any atom is -0.396 e. The van der Waals surface area contributed by atoms with E-state index in [1.165, 1.54) is 24.3 Å². The lowest BCUT2D eigenvalue weighted by Gasteiger charge is -2.33. The molecule has 0 saturated heterocycles. The summed E-state index contributed by atoms with van der Waals surface area (Å²) in [6, 6.07) is 0. The smallest absolute Gasteiger partial charge is 0.253 e. The zero-order valence-corrected chi connectivity index (χ0v) is 26.8. The molecule has 47 heavy (non-hydrogen) atoms. The van der Waals surface area contributed by atoms with Crippen LogP contribution in [0.15, 0.2) is 24.3 Å². The van der Waals surface area contributed by atoms with E-state index in [0.29, 0.717) is 38.9 Å². The van der Waals surface area contributed by atoms with Gasteiger partial charge in [-0.05, 0) is 25.7 Å². The van der Waals surface area contributed by atoms with Crippen LogP contribution in [0.25, 0.3) is 0 Å². The second-order valence-electron chi connectivity index (χ2n) is 11.0. The first-order valence-corrected chi connectivity index (χ1v) is 15.8. The van der Waals surface area contributed by atoms with Crippen LogP contribution < -0.4 is 10.6 Å². The van der Waals surface area contributed by atoms with Crippen LogP contribution in [0.5, 0.6) is 0 Å². The first-order valence-electron chi connectivity index (χ1n) is 15.8. The third-order valence-corrected chi connectivity index (χ3v) is 7.35. The fourth-order valence-corrected chi connectivity index (χ4v) is 4.81. The summed E-state index contributed by atoms with van der Waals surface area (Å²) in [4.78, 5) is 72.0. The molecule has 0 aliphatic carbocycles. The van der Waals surface area contributed by atoms with Crippen molar-refractivity contribution < 1.29 is 57.9 Å². The van der Waals surface area contributed by atoms with E-state index < -0.39 is 29.0 Å². The predicted molar refractivity (Wildman–Crippen MR) is 165 cm³/mol. The molecule has 0 spiro atoms. The summed E-state index contributed by atoms with van der Waals surface area (Å²) in [7, 11) is 0. The number of rotatable bonds is 28. The molecule has 4 N–H and O–H groups in total. The van der Waals surface area contributed by atoms with Crippen molar-refractivity contribution in [1.29, 1.82) is 0 Å². The quantitative estimate of drug-likeness (QED) is 0.0552. The van der Waals surface area contributed by atoms with Gasteiger partial charge in [0, 0.05) is 82.0 Å². The van der Waals surface area contributed by atoms with Gasteiger partial charge in [-0.15, -0.1) is 0 Å². The van der Waals surface area contributed by atoms with Gasteiger partial charge in [-0.2, -0.15) is 0 Å². The van der Waals surface area contributed by atoms with Crippen LogP contribution in [0.4, 0.5) is 0 Å². The minimum absolute atomic E-state index is 0.00551. The average molecular weight is 669 g/mol. The van der Waals surface area contributed by atoms with E-state index in [0.717, 1.165) is 9.80 Å². The van der Waals surface area contributed by atoms with Gasteiger partial charge in [0.2, 0.25) is 11.8 Å². The maximum Gasteiger partial charge on any atom is 0.253 e. The molecule has 2 heterocycles. The molecule has 0 saturated carbocycles. The van der Waals surface area contributed by atoms with Crippen LogP contribution in [0, 0.1) is 5.41 Å². The highest BCUT2D eigenvalue weighted by Gasteiger charge is 2.30. The standard InChI is InChI=1S/C31H48N4O12/c36-15-1-9-31(10-2-16-37,23-46-21-19-44-17-11-32-25(38)7-13-34-27(40)3-4-28(34)41)24-47-22-20-45-18-12-33-26(39)8-14-35-29(42)5-6-30(35)43/h3-6,36-37H,1-2,7-24H2,(H,32,38)(H,33,39). The topological polar surface area (TPSA) is 210 Å². The Hall–Kier alpha value is -3.54. The molecule has 0 bridgehead atoms. The van der Waals surface area contributed by atoms with Gasteiger partial charge in [0.05, 0.1) is 52.9 Å². The zero-order chi connectivity index (χ0) is 34.3. The summed E-state index contributed by atoms with van der Waals surface area (Å²) in [6.07, 6.45) is 7.03. The minimum atomic E-state index is -0.436. The lowest BCUT2D eigenvalue weighted by Crippen LogP contribution is -2.36. The summed E-state index contributed by atoms with van der Waals surface area (Å²) in [5.74, 6) is -2.30. The van der Waals surface area contributed by atoms with Gasteiger partial charge >= 0.3 is 0 Å². The van der Waals surface area contributed by atoms with E-state index in [4.69, 9.17) is 18.9 Å². The van der Waals surface area contributed by atoms with Gasteiger partial charge in [0.15, 0.2) is 0 Å². The van der Waals surface area contributed by atoms with Gasteiger partial charge in [-0.25, -0.2) is 0 Å². The normalized spacial score (nSPS) is 14.6. The summed E-state index contributed by atoms with van der Waals surface area (Å²) in [5.41, 5.74) is -0.436. The Labute approximate surface area is 274 Å². The number of nitrogens with one attached hydrogen (secondary N) is 2. The van der Waals surface area contributed by atoms with Crippen molar-refractivity contribution in [2.24, 2.45) is 5.41 Å². The number of nitrogens with zero attached hydrogens (tertiary/aromatic N) is 2. The highest BCUT2D eigenvalue weighted by atomic mass is 16.5. The van der Waals surface area contributed by atoms with Crippen molar-refractivity contribution in [1.82, 2.24) is 20.4 Å². The van der Waals surface area contributed by atoms with Crippen molar-refractivity contribution in [3.05, 3.63) is 24.3 Å². The third-order valence-electron chi connectivity index (χ3n) is 7.35. The molecule has 0 radical (unpaired) electrons. The SMILES string of the molecule is O=C(CCN1C(=O)C=CC1=O)NCCOCCOCC(CCCO)(CCCO)COCCOCCNC(=O)CCN1C(=O)C=CC1=O. The molecule has 264 valence electrons. The third kappa shape index (κ3) is 15.7. The molecule has 0 fully saturated rings. The highest BCUT2D eigenvalue weighted by Crippen LogP contribution is 2.31. The molecule has 2 aliphatic rings. The monoisotopic (exact) mass is 668 g/mol. The zero-order valence-electron chi connectivity index (χ0n) is 26.8. The van der Waals surface area contributed by atoms with E-state index in [9.17, 15) is 39.0 Å². The van der Waals surface area contributed by atoms with Crippen LogP contribution in [0.3, 0.4) is 0 Å². The van der Waals surface area contributed by atoms with E-state index >= 15 is 0 Å². The maximum absolute atomic E-state index is 12.0. The largest absolute Gasteiger partial charge is 0.396 e. The van der Waals surface area contributed by atoms with Crippen molar-refractivity contribution in [2.75, 3.05) is 92.2 Å². The van der Waals surface area contributed by atoms with Crippen molar-refractivity contribution in [3.8, 4) is 0 Å². The van der Waals surface area contributed by atoms with E-state index in [2.05, 4.69) is 10.6 Å². The molecule has 0 atom stereocenters. The molecule has 16 nitrogen and oxygen atoms in total. The molecular weight excluding hydrogens is 620 g/mol. The molecule has 0 aromatic rings. The first-order chi connectivity index (χ1) is 22.7. The summed E-state index contributed by atoms with van der Waals surface area (Å²) >= 11 is 0. The molecule has 0 aromatic carbocycles. The van der Waals surface area contributed by atoms with Crippen molar-refractivity contribution in [3.63, 3.8) is 0 Å². The number of aliphatic hydroxyl groups excluding tert-OH is 2. The Morgan fingerprint density at radius 3 is 1.32 bits per heavy atom. The molecule has 2 rings (SSSR count). The van der Waals surface area contributed by atoms with Crippen LogP contribution in [-0.2, 0) is 47.7 Å². The lowest BCUT2D eigenvalue weighted by molar-refractivity contribution is -0.139. The van der Waals surface area contributed by atoms with Crippen LogP contribution in [0.2, 0.25) is 0 Å².